The van der Waals surface area contributed by atoms with E-state index in [1.807, 2.05) is 30.3 Å². The van der Waals surface area contributed by atoms with Crippen LogP contribution in [-0.2, 0) is 20.7 Å². The van der Waals surface area contributed by atoms with E-state index < -0.39 is 0 Å². The van der Waals surface area contributed by atoms with Gasteiger partial charge in [-0.2, -0.15) is 0 Å². The molecule has 3 rings (SSSR count). The highest BCUT2D eigenvalue weighted by molar-refractivity contribution is 6.36. The number of aliphatic hydroxyl groups is 1. The third-order valence-corrected chi connectivity index (χ3v) is 5.73. The Balaban J connectivity index is 1.51. The molecule has 1 aliphatic heterocycles. The van der Waals surface area contributed by atoms with Gasteiger partial charge in [-0.15, -0.1) is 0 Å². The first-order valence-corrected chi connectivity index (χ1v) is 8.64. The second kappa shape index (κ2) is 7.03. The average molecular weight is 331 g/mol. The molecule has 2 fully saturated rings. The predicted octanol–water partition coefficient (Wildman–Crippen LogP) is 1.58. The Morgan fingerprint density at radius 1 is 1.25 bits per heavy atom. The minimum Gasteiger partial charge on any atom is -0.392 e. The summed E-state index contributed by atoms with van der Waals surface area (Å²) >= 11 is 0. The summed E-state index contributed by atoms with van der Waals surface area (Å²) in [5.74, 6) is -0.712. The number of piperidine rings is 1. The van der Waals surface area contributed by atoms with Crippen LogP contribution >= 0.6 is 0 Å². The van der Waals surface area contributed by atoms with Crippen LogP contribution < -0.4 is 0 Å². The van der Waals surface area contributed by atoms with Crippen LogP contribution in [0.25, 0.3) is 0 Å². The molecule has 5 heteroatoms. The highest BCUT2D eigenvalue weighted by Crippen LogP contribution is 2.50. The second-order valence-corrected chi connectivity index (χ2v) is 6.91. The molecule has 2 atom stereocenters. The smallest absolute Gasteiger partial charge is 0.289 e. The Morgan fingerprint density at radius 2 is 1.92 bits per heavy atom. The lowest BCUT2D eigenvalue weighted by molar-refractivity contribution is -0.202. The maximum Gasteiger partial charge on any atom is 0.289 e. The van der Waals surface area contributed by atoms with Crippen LogP contribution in [0.2, 0.25) is 0 Å². The Hall–Kier alpha value is -1.72. The molecule has 2 unspecified atom stereocenters. The third kappa shape index (κ3) is 3.10. The molecule has 1 N–H and O–H groups in total. The number of nitrogens with zero attached hydrogens (tertiary/aromatic N) is 1. The van der Waals surface area contributed by atoms with E-state index >= 15 is 0 Å². The van der Waals surface area contributed by atoms with Crippen molar-refractivity contribution >= 4 is 11.7 Å². The number of aryl methyl sites for hydroxylation is 1. The summed E-state index contributed by atoms with van der Waals surface area (Å²) in [6.45, 7) is 1.04. The number of rotatable bonds is 5. The van der Waals surface area contributed by atoms with E-state index in [0.717, 1.165) is 5.56 Å². The van der Waals surface area contributed by atoms with Gasteiger partial charge < -0.3 is 14.7 Å². The quantitative estimate of drug-likeness (QED) is 0.832. The van der Waals surface area contributed by atoms with Crippen molar-refractivity contribution in [1.82, 2.24) is 4.90 Å². The molecule has 5 nitrogen and oxygen atoms in total. The molecule has 1 aliphatic carbocycles. The summed E-state index contributed by atoms with van der Waals surface area (Å²) in [6.07, 6.45) is 2.61. The highest BCUT2D eigenvalue weighted by Gasteiger charge is 2.56. The van der Waals surface area contributed by atoms with Gasteiger partial charge >= 0.3 is 0 Å². The van der Waals surface area contributed by atoms with Gasteiger partial charge in [0.25, 0.3) is 5.91 Å². The number of benzene rings is 1. The molecule has 1 heterocycles. The zero-order valence-electron chi connectivity index (χ0n) is 14.1. The number of amides is 1. The number of aliphatic hydroxyl groups excluding tert-OH is 1. The number of ether oxygens (including phenoxy) is 1. The van der Waals surface area contributed by atoms with Crippen LogP contribution in [0.5, 0.6) is 0 Å². The fourth-order valence-electron chi connectivity index (χ4n) is 4.02. The van der Waals surface area contributed by atoms with E-state index in [2.05, 4.69) is 0 Å². The summed E-state index contributed by atoms with van der Waals surface area (Å²) in [6, 6.07) is 9.72. The molecule has 2 aliphatic rings. The van der Waals surface area contributed by atoms with Crippen molar-refractivity contribution in [3.05, 3.63) is 35.9 Å². The molecule has 1 aromatic carbocycles. The van der Waals surface area contributed by atoms with E-state index in [1.54, 1.807) is 12.0 Å². The number of hydrogen-bond donors (Lipinski definition) is 1. The Labute approximate surface area is 142 Å². The van der Waals surface area contributed by atoms with Crippen LogP contribution in [-0.4, -0.2) is 54.1 Å². The van der Waals surface area contributed by atoms with Crippen LogP contribution in [0.1, 0.15) is 31.2 Å². The van der Waals surface area contributed by atoms with Crippen molar-refractivity contribution in [1.29, 1.82) is 0 Å². The predicted molar refractivity (Wildman–Crippen MR) is 89.4 cm³/mol. The van der Waals surface area contributed by atoms with Crippen LogP contribution in [0.4, 0.5) is 0 Å². The fourth-order valence-corrected chi connectivity index (χ4v) is 4.02. The zero-order chi connectivity index (χ0) is 17.2. The summed E-state index contributed by atoms with van der Waals surface area (Å²) < 4.78 is 5.45. The first-order valence-electron chi connectivity index (χ1n) is 8.64. The van der Waals surface area contributed by atoms with Crippen molar-refractivity contribution in [2.24, 2.45) is 5.41 Å². The Morgan fingerprint density at radius 3 is 2.50 bits per heavy atom. The number of hydrogen-bond acceptors (Lipinski definition) is 4. The Kier molecular flexibility index (Phi) is 5.01. The van der Waals surface area contributed by atoms with Crippen molar-refractivity contribution in [3.8, 4) is 0 Å². The number of ketones is 1. The van der Waals surface area contributed by atoms with Crippen LogP contribution in [0.15, 0.2) is 30.3 Å². The number of Topliss-reactive ketones (excluding diaryl/α,β-unsaturated/α-hetero) is 1. The summed E-state index contributed by atoms with van der Waals surface area (Å²) in [5, 5.41) is 10.1. The molecule has 1 aromatic rings. The zero-order valence-corrected chi connectivity index (χ0v) is 14.1. The van der Waals surface area contributed by atoms with Gasteiger partial charge in [0, 0.05) is 38.5 Å². The van der Waals surface area contributed by atoms with E-state index in [9.17, 15) is 14.7 Å². The van der Waals surface area contributed by atoms with E-state index in [1.165, 1.54) is 0 Å². The van der Waals surface area contributed by atoms with Crippen LogP contribution in [0, 0.1) is 5.41 Å². The van der Waals surface area contributed by atoms with Gasteiger partial charge in [-0.3, -0.25) is 9.59 Å². The molecular formula is C19H25NO4. The number of likely N-dealkylation sites (tertiary alicyclic amines) is 1. The molecule has 1 saturated carbocycles. The monoisotopic (exact) mass is 331 g/mol. The molecule has 0 aromatic heterocycles. The summed E-state index contributed by atoms with van der Waals surface area (Å²) in [7, 11) is 1.67. The summed E-state index contributed by atoms with van der Waals surface area (Å²) in [4.78, 5) is 26.2. The second-order valence-electron chi connectivity index (χ2n) is 6.91. The molecular weight excluding hydrogens is 306 g/mol. The number of carbonyl (C=O) groups excluding carboxylic acids is 2. The maximum atomic E-state index is 12.4. The standard InChI is InChI=1S/C19H25NO4/c1-24-17-13-16(22)19(17)9-11-20(12-10-19)18(23)15(21)8-7-14-5-3-2-4-6-14/h2-6,16-17,22H,7-13H2,1H3. The van der Waals surface area contributed by atoms with Gasteiger partial charge in [-0.25, -0.2) is 0 Å². The van der Waals surface area contributed by atoms with Crippen molar-refractivity contribution in [2.75, 3.05) is 20.2 Å². The van der Waals surface area contributed by atoms with E-state index in [-0.39, 0.29) is 35.7 Å². The fraction of sp³-hybridized carbons (Fsp3) is 0.579. The van der Waals surface area contributed by atoms with Crippen molar-refractivity contribution in [3.63, 3.8) is 0 Å². The maximum absolute atomic E-state index is 12.4. The third-order valence-electron chi connectivity index (χ3n) is 5.73. The van der Waals surface area contributed by atoms with Crippen molar-refractivity contribution in [2.45, 2.75) is 44.3 Å². The lowest BCUT2D eigenvalue weighted by atomic mass is 9.58. The van der Waals surface area contributed by atoms with Gasteiger partial charge in [0.2, 0.25) is 5.78 Å². The molecule has 24 heavy (non-hydrogen) atoms. The lowest BCUT2D eigenvalue weighted by Crippen LogP contribution is -2.62. The Bertz CT molecular complexity index is 593. The summed E-state index contributed by atoms with van der Waals surface area (Å²) in [5.41, 5.74) is 0.843. The van der Waals surface area contributed by atoms with Gasteiger partial charge in [-0.1, -0.05) is 30.3 Å². The topological polar surface area (TPSA) is 66.8 Å². The SMILES string of the molecule is COC1CC(O)C12CCN(C(=O)C(=O)CCc1ccccc1)CC2. The highest BCUT2D eigenvalue weighted by atomic mass is 16.5. The molecule has 1 spiro atoms. The van der Waals surface area contributed by atoms with E-state index in [4.69, 9.17) is 4.74 Å². The first kappa shape index (κ1) is 17.1. The minimum atomic E-state index is -0.386. The lowest BCUT2D eigenvalue weighted by Gasteiger charge is -2.56. The molecule has 130 valence electrons. The van der Waals surface area contributed by atoms with Gasteiger partial charge in [-0.05, 0) is 24.8 Å². The van der Waals surface area contributed by atoms with Gasteiger partial charge in [0.15, 0.2) is 0 Å². The van der Waals surface area contributed by atoms with Crippen LogP contribution in [0.3, 0.4) is 0 Å². The average Bonchev–Trinajstić information content (AvgIpc) is 2.64. The van der Waals surface area contributed by atoms with Gasteiger partial charge in [0.05, 0.1) is 12.2 Å². The molecule has 1 amide bonds. The number of carbonyl (C=O) groups is 2. The number of methoxy groups -OCH3 is 1. The molecule has 0 radical (unpaired) electrons. The van der Waals surface area contributed by atoms with Gasteiger partial charge in [0.1, 0.15) is 0 Å². The molecule has 1 saturated heterocycles. The minimum absolute atomic E-state index is 0.0681. The molecule has 0 bridgehead atoms. The van der Waals surface area contributed by atoms with E-state index in [0.29, 0.717) is 38.8 Å². The largest absolute Gasteiger partial charge is 0.392 e. The first-order chi connectivity index (χ1) is 11.6. The normalized spacial score (nSPS) is 25.3. The van der Waals surface area contributed by atoms with Crippen molar-refractivity contribution < 1.29 is 19.4 Å².